The second-order valence-corrected chi connectivity index (χ2v) is 3.80. The van der Waals surface area contributed by atoms with E-state index in [1.807, 2.05) is 30.3 Å². The molecule has 1 N–H and O–H groups in total. The molecule has 2 rings (SSSR count). The monoisotopic (exact) mass is 220 g/mol. The van der Waals surface area contributed by atoms with Crippen molar-refractivity contribution >= 4 is 5.71 Å². The highest BCUT2D eigenvalue weighted by molar-refractivity contribution is 6.01. The summed E-state index contributed by atoms with van der Waals surface area (Å²) < 4.78 is 5.28. The van der Waals surface area contributed by atoms with Crippen molar-refractivity contribution < 1.29 is 9.94 Å². The first kappa shape index (κ1) is 11.1. The fourth-order valence-electron chi connectivity index (χ4n) is 1.78. The quantitative estimate of drug-likeness (QED) is 0.473. The average Bonchev–Trinajstić information content (AvgIpc) is 2.38. The van der Waals surface area contributed by atoms with Crippen LogP contribution >= 0.6 is 0 Å². The van der Waals surface area contributed by atoms with Crippen LogP contribution < -0.4 is 0 Å². The molecule has 86 valence electrons. The molecular weight excluding hydrogens is 204 g/mol. The molecule has 1 aliphatic rings. The normalized spacial score (nSPS) is 18.6. The van der Waals surface area contributed by atoms with E-state index < -0.39 is 0 Å². The summed E-state index contributed by atoms with van der Waals surface area (Å²) in [5.74, 6) is 0. The summed E-state index contributed by atoms with van der Waals surface area (Å²) in [4.78, 5) is 2.23. The zero-order valence-electron chi connectivity index (χ0n) is 9.17. The van der Waals surface area contributed by atoms with E-state index in [4.69, 9.17) is 9.94 Å². The summed E-state index contributed by atoms with van der Waals surface area (Å²) in [6.45, 7) is 3.97. The lowest BCUT2D eigenvalue weighted by molar-refractivity contribution is 0.0450. The molecule has 1 saturated heterocycles. The van der Waals surface area contributed by atoms with Crippen molar-refractivity contribution in [1.82, 2.24) is 4.90 Å². The third kappa shape index (κ3) is 2.81. The molecule has 4 heteroatoms. The van der Waals surface area contributed by atoms with E-state index in [0.29, 0.717) is 12.3 Å². The van der Waals surface area contributed by atoms with Crippen LogP contribution in [0.5, 0.6) is 0 Å². The summed E-state index contributed by atoms with van der Waals surface area (Å²) in [7, 11) is 0. The van der Waals surface area contributed by atoms with E-state index >= 15 is 0 Å². The lowest BCUT2D eigenvalue weighted by Gasteiger charge is -2.26. The molecule has 16 heavy (non-hydrogen) atoms. The van der Waals surface area contributed by atoms with Crippen LogP contribution in [0, 0.1) is 0 Å². The molecule has 0 saturated carbocycles. The highest BCUT2D eigenvalue weighted by Crippen LogP contribution is 2.05. The minimum absolute atomic E-state index is 0.671. The SMILES string of the molecule is ON=C(CN1CCOCC1)c1ccccc1. The summed E-state index contributed by atoms with van der Waals surface area (Å²) in [6.07, 6.45) is 0. The topological polar surface area (TPSA) is 45.1 Å². The molecule has 0 spiro atoms. The number of rotatable bonds is 3. The number of nitrogens with zero attached hydrogens (tertiary/aromatic N) is 2. The Hall–Kier alpha value is -1.39. The van der Waals surface area contributed by atoms with Gasteiger partial charge in [0.2, 0.25) is 0 Å². The van der Waals surface area contributed by atoms with Crippen molar-refractivity contribution in [1.29, 1.82) is 0 Å². The van der Waals surface area contributed by atoms with E-state index in [0.717, 1.165) is 31.9 Å². The fourth-order valence-corrected chi connectivity index (χ4v) is 1.78. The summed E-state index contributed by atoms with van der Waals surface area (Å²) >= 11 is 0. The van der Waals surface area contributed by atoms with Gasteiger partial charge < -0.3 is 9.94 Å². The minimum Gasteiger partial charge on any atom is -0.411 e. The van der Waals surface area contributed by atoms with Crippen LogP contribution in [0.1, 0.15) is 5.56 Å². The number of hydrogen-bond donors (Lipinski definition) is 1. The molecule has 4 nitrogen and oxygen atoms in total. The van der Waals surface area contributed by atoms with Crippen molar-refractivity contribution in [3.05, 3.63) is 35.9 Å². The Bertz CT molecular complexity index is 345. The number of morpholine rings is 1. The number of ether oxygens (including phenoxy) is 1. The molecule has 1 fully saturated rings. The third-order valence-electron chi connectivity index (χ3n) is 2.70. The summed E-state index contributed by atoms with van der Waals surface area (Å²) in [5.41, 5.74) is 1.68. The molecule has 0 bridgehead atoms. The van der Waals surface area contributed by atoms with Gasteiger partial charge in [-0.1, -0.05) is 35.5 Å². The van der Waals surface area contributed by atoms with Crippen LogP contribution in [-0.2, 0) is 4.74 Å². The van der Waals surface area contributed by atoms with Crippen LogP contribution in [0.4, 0.5) is 0 Å². The van der Waals surface area contributed by atoms with Gasteiger partial charge in [-0.15, -0.1) is 0 Å². The Kier molecular flexibility index (Phi) is 3.91. The van der Waals surface area contributed by atoms with E-state index in [1.54, 1.807) is 0 Å². The third-order valence-corrected chi connectivity index (χ3v) is 2.70. The lowest BCUT2D eigenvalue weighted by Crippen LogP contribution is -2.39. The van der Waals surface area contributed by atoms with Crippen molar-refractivity contribution in [2.75, 3.05) is 32.8 Å². The maximum Gasteiger partial charge on any atom is 0.101 e. The van der Waals surface area contributed by atoms with E-state index in [1.165, 1.54) is 0 Å². The molecule has 0 aliphatic carbocycles. The van der Waals surface area contributed by atoms with Gasteiger partial charge in [-0.05, 0) is 0 Å². The van der Waals surface area contributed by atoms with Crippen LogP contribution in [0.25, 0.3) is 0 Å². The van der Waals surface area contributed by atoms with Gasteiger partial charge >= 0.3 is 0 Å². The van der Waals surface area contributed by atoms with Crippen LogP contribution in [0.15, 0.2) is 35.5 Å². The highest BCUT2D eigenvalue weighted by atomic mass is 16.5. The van der Waals surface area contributed by atoms with E-state index in [2.05, 4.69) is 10.1 Å². The predicted molar refractivity (Wildman–Crippen MR) is 62.0 cm³/mol. The number of oxime groups is 1. The Morgan fingerprint density at radius 1 is 1.25 bits per heavy atom. The first-order chi connectivity index (χ1) is 7.90. The maximum absolute atomic E-state index is 9.04. The molecule has 1 aliphatic heterocycles. The largest absolute Gasteiger partial charge is 0.411 e. The highest BCUT2D eigenvalue weighted by Gasteiger charge is 2.14. The van der Waals surface area contributed by atoms with Crippen molar-refractivity contribution in [2.45, 2.75) is 0 Å². The predicted octanol–water partition coefficient (Wildman–Crippen LogP) is 1.20. The average molecular weight is 220 g/mol. The first-order valence-corrected chi connectivity index (χ1v) is 5.46. The van der Waals surface area contributed by atoms with Gasteiger partial charge in [-0.2, -0.15) is 0 Å². The van der Waals surface area contributed by atoms with E-state index in [9.17, 15) is 0 Å². The second kappa shape index (κ2) is 5.63. The van der Waals surface area contributed by atoms with Crippen molar-refractivity contribution in [2.24, 2.45) is 5.16 Å². The molecule has 1 aromatic carbocycles. The maximum atomic E-state index is 9.04. The van der Waals surface area contributed by atoms with Gasteiger partial charge in [0.1, 0.15) is 5.71 Å². The molecule has 0 aromatic heterocycles. The van der Waals surface area contributed by atoms with Gasteiger partial charge in [-0.3, -0.25) is 4.90 Å². The van der Waals surface area contributed by atoms with Crippen LogP contribution in [0.2, 0.25) is 0 Å². The Labute approximate surface area is 95.1 Å². The number of hydrogen-bond acceptors (Lipinski definition) is 4. The van der Waals surface area contributed by atoms with Gasteiger partial charge in [0.15, 0.2) is 0 Å². The van der Waals surface area contributed by atoms with Crippen molar-refractivity contribution in [3.8, 4) is 0 Å². The zero-order valence-corrected chi connectivity index (χ0v) is 9.17. The smallest absolute Gasteiger partial charge is 0.101 e. The fraction of sp³-hybridized carbons (Fsp3) is 0.417. The van der Waals surface area contributed by atoms with Gasteiger partial charge in [0, 0.05) is 25.2 Å². The molecular formula is C12H16N2O2. The van der Waals surface area contributed by atoms with Crippen LogP contribution in [-0.4, -0.2) is 48.7 Å². The Morgan fingerprint density at radius 3 is 2.56 bits per heavy atom. The molecule has 0 radical (unpaired) electrons. The van der Waals surface area contributed by atoms with Gasteiger partial charge in [0.05, 0.1) is 13.2 Å². The molecule has 0 unspecified atom stereocenters. The minimum atomic E-state index is 0.671. The molecule has 1 heterocycles. The summed E-state index contributed by atoms with van der Waals surface area (Å²) in [5, 5.41) is 12.4. The Balaban J connectivity index is 2.01. The van der Waals surface area contributed by atoms with Gasteiger partial charge in [0.25, 0.3) is 0 Å². The summed E-state index contributed by atoms with van der Waals surface area (Å²) in [6, 6.07) is 9.75. The Morgan fingerprint density at radius 2 is 1.94 bits per heavy atom. The van der Waals surface area contributed by atoms with Crippen LogP contribution in [0.3, 0.4) is 0 Å². The van der Waals surface area contributed by atoms with Crippen molar-refractivity contribution in [3.63, 3.8) is 0 Å². The standard InChI is InChI=1S/C12H16N2O2/c15-13-12(11-4-2-1-3-5-11)10-14-6-8-16-9-7-14/h1-5,15H,6-10H2. The molecule has 0 atom stereocenters. The first-order valence-electron chi connectivity index (χ1n) is 5.46. The molecule has 0 amide bonds. The zero-order chi connectivity index (χ0) is 11.2. The molecule has 1 aromatic rings. The van der Waals surface area contributed by atoms with E-state index in [-0.39, 0.29) is 0 Å². The number of benzene rings is 1. The van der Waals surface area contributed by atoms with Gasteiger partial charge in [-0.25, -0.2) is 0 Å². The second-order valence-electron chi connectivity index (χ2n) is 3.80. The lowest BCUT2D eigenvalue weighted by atomic mass is 10.1.